The average molecular weight is 581 g/mol. The second-order valence-corrected chi connectivity index (χ2v) is 11.2. The molecule has 0 amide bonds. The van der Waals surface area contributed by atoms with Crippen LogP contribution in [-0.2, 0) is 12.8 Å². The van der Waals surface area contributed by atoms with Crippen LogP contribution in [0.25, 0.3) is 11.1 Å². The van der Waals surface area contributed by atoms with E-state index < -0.39 is 0 Å². The Morgan fingerprint density at radius 3 is 1.73 bits per heavy atom. The minimum absolute atomic E-state index is 0. The maximum absolute atomic E-state index is 6.41. The van der Waals surface area contributed by atoms with Gasteiger partial charge in [0, 0.05) is 40.2 Å². The summed E-state index contributed by atoms with van der Waals surface area (Å²) in [6.45, 7) is 0. The van der Waals surface area contributed by atoms with Crippen LogP contribution in [0.2, 0.25) is 0 Å². The Hall–Kier alpha value is -5.46. The zero-order chi connectivity index (χ0) is 29.6. The van der Waals surface area contributed by atoms with E-state index in [0.717, 1.165) is 59.0 Å². The fourth-order valence-corrected chi connectivity index (χ4v) is 5.34. The molecule has 6 rings (SSSR count). The highest BCUT2D eigenvalue weighted by atomic mass is 14.9. The van der Waals surface area contributed by atoms with Crippen LogP contribution in [0.1, 0.15) is 23.1 Å². The molecule has 222 valence electrons. The number of rotatable bonds is 9. The van der Waals surface area contributed by atoms with Crippen LogP contribution in [0.3, 0.4) is 0 Å². The van der Waals surface area contributed by atoms with E-state index in [9.17, 15) is 0 Å². The van der Waals surface area contributed by atoms with E-state index in [1.165, 1.54) is 27.8 Å². The molecule has 0 saturated carbocycles. The highest BCUT2D eigenvalue weighted by molar-refractivity contribution is 5.69. The summed E-state index contributed by atoms with van der Waals surface area (Å²) in [4.78, 5) is 0. The number of nitrogen functional groups attached to an aromatic ring is 3. The van der Waals surface area contributed by atoms with Gasteiger partial charge in [0.2, 0.25) is 0 Å². The maximum Gasteiger partial charge on any atom is 0.0482 e. The molecule has 0 saturated heterocycles. The summed E-state index contributed by atoms with van der Waals surface area (Å²) in [5, 5.41) is 6.97. The van der Waals surface area contributed by atoms with Gasteiger partial charge in [-0.1, -0.05) is 60.7 Å². The lowest BCUT2D eigenvalue weighted by Gasteiger charge is -2.19. The van der Waals surface area contributed by atoms with Gasteiger partial charge in [-0.3, -0.25) is 0 Å². The Morgan fingerprint density at radius 1 is 0.591 bits per heavy atom. The Bertz CT molecular complexity index is 1740. The average Bonchev–Trinajstić information content (AvgIpc) is 3.03. The summed E-state index contributed by atoms with van der Waals surface area (Å²) >= 11 is 0. The zero-order valence-corrected chi connectivity index (χ0v) is 24.8. The van der Waals surface area contributed by atoms with Crippen molar-refractivity contribution >= 4 is 34.1 Å². The van der Waals surface area contributed by atoms with Crippen LogP contribution in [0, 0.1) is 0 Å². The first-order valence-electron chi connectivity index (χ1n) is 14.7. The van der Waals surface area contributed by atoms with Gasteiger partial charge in [0.05, 0.1) is 0 Å². The van der Waals surface area contributed by atoms with Gasteiger partial charge in [-0.2, -0.15) is 0 Å². The van der Waals surface area contributed by atoms with E-state index in [2.05, 4.69) is 89.5 Å². The predicted octanol–water partition coefficient (Wildman–Crippen LogP) is 8.51. The Morgan fingerprint density at radius 2 is 1.14 bits per heavy atom. The number of nitrogens with two attached hydrogens (primary N) is 3. The van der Waals surface area contributed by atoms with Crippen molar-refractivity contribution in [2.75, 3.05) is 27.8 Å². The smallest absolute Gasteiger partial charge is 0.0482 e. The minimum atomic E-state index is 0. The van der Waals surface area contributed by atoms with Gasteiger partial charge in [-0.25, -0.2) is 0 Å². The van der Waals surface area contributed by atoms with E-state index in [-0.39, 0.29) is 12.2 Å². The summed E-state index contributed by atoms with van der Waals surface area (Å²) < 4.78 is 0. The minimum Gasteiger partial charge on any atom is -0.399 e. The lowest BCUT2D eigenvalue weighted by Crippen LogP contribution is -2.18. The number of benzene rings is 5. The molecule has 0 radical (unpaired) electrons. The van der Waals surface area contributed by atoms with Crippen molar-refractivity contribution in [3.8, 4) is 11.1 Å². The van der Waals surface area contributed by atoms with Crippen molar-refractivity contribution < 1.29 is 0 Å². The third-order valence-corrected chi connectivity index (χ3v) is 7.83. The second kappa shape index (κ2) is 13.7. The molecule has 1 aliphatic carbocycles. The molecule has 1 aliphatic rings. The summed E-state index contributed by atoms with van der Waals surface area (Å²) in [6, 6.07) is 39.7. The molecule has 0 fully saturated rings. The lowest BCUT2D eigenvalue weighted by molar-refractivity contribution is 0.867. The topological polar surface area (TPSA) is 137 Å². The van der Waals surface area contributed by atoms with E-state index in [1.807, 2.05) is 54.6 Å². The van der Waals surface area contributed by atoms with Crippen molar-refractivity contribution in [1.82, 2.24) is 6.15 Å². The molecule has 0 aromatic heterocycles. The fraction of sp³-hybridized carbons (Fsp3) is 0.105. The first kappa shape index (κ1) is 30.0. The molecular formula is C38H40N6. The van der Waals surface area contributed by atoms with Gasteiger partial charge in [0.1, 0.15) is 0 Å². The monoisotopic (exact) mass is 580 g/mol. The molecule has 1 atom stereocenters. The van der Waals surface area contributed by atoms with Gasteiger partial charge < -0.3 is 34.0 Å². The Balaban J connectivity index is 0.00000384. The summed E-state index contributed by atoms with van der Waals surface area (Å²) in [5.41, 5.74) is 30.9. The Kier molecular flexibility index (Phi) is 9.33. The largest absolute Gasteiger partial charge is 0.399 e. The number of anilines is 6. The second-order valence-electron chi connectivity index (χ2n) is 11.2. The Labute approximate surface area is 259 Å². The number of allylic oxidation sites excluding steroid dienone is 2. The molecule has 5 aromatic carbocycles. The van der Waals surface area contributed by atoms with E-state index >= 15 is 0 Å². The third-order valence-electron chi connectivity index (χ3n) is 7.83. The van der Waals surface area contributed by atoms with Crippen LogP contribution in [0.4, 0.5) is 34.1 Å². The van der Waals surface area contributed by atoms with Crippen molar-refractivity contribution in [3.63, 3.8) is 0 Å². The van der Waals surface area contributed by atoms with E-state index in [1.54, 1.807) is 0 Å². The maximum atomic E-state index is 6.41. The zero-order valence-electron chi connectivity index (χ0n) is 24.8. The van der Waals surface area contributed by atoms with Crippen molar-refractivity contribution in [1.29, 1.82) is 0 Å². The van der Waals surface area contributed by atoms with Gasteiger partial charge >= 0.3 is 0 Å². The molecule has 0 heterocycles. The molecular weight excluding hydrogens is 540 g/mol. The summed E-state index contributed by atoms with van der Waals surface area (Å²) in [7, 11) is 0. The predicted molar refractivity (Wildman–Crippen MR) is 189 cm³/mol. The number of hydrogen-bond donors (Lipinski definition) is 6. The molecule has 0 bridgehead atoms. The van der Waals surface area contributed by atoms with Gasteiger partial charge in [-0.05, 0) is 125 Å². The van der Waals surface area contributed by atoms with Crippen molar-refractivity contribution in [2.45, 2.75) is 25.3 Å². The molecule has 44 heavy (non-hydrogen) atoms. The molecule has 0 spiro atoms. The van der Waals surface area contributed by atoms with E-state index in [4.69, 9.17) is 17.2 Å². The number of nitrogens with one attached hydrogen (secondary N) is 2. The first-order chi connectivity index (χ1) is 21.0. The SMILES string of the molecule is N.Nc1ccc(Nc2ccc(Cc3ccc(-c4ccc(N)c(CC5=CCC(Nc6ccc(N)cc6)C=C5)c4)cc3)cc2)cc1. The highest BCUT2D eigenvalue weighted by Crippen LogP contribution is 2.28. The van der Waals surface area contributed by atoms with Crippen LogP contribution < -0.4 is 34.0 Å². The molecule has 0 aliphatic heterocycles. The summed E-state index contributed by atoms with van der Waals surface area (Å²) in [5.74, 6) is 0. The van der Waals surface area contributed by atoms with Crippen molar-refractivity contribution in [2.24, 2.45) is 0 Å². The van der Waals surface area contributed by atoms with Crippen LogP contribution in [0.15, 0.2) is 139 Å². The van der Waals surface area contributed by atoms with Gasteiger partial charge in [0.25, 0.3) is 0 Å². The normalized spacial score (nSPS) is 13.9. The molecule has 11 N–H and O–H groups in total. The highest BCUT2D eigenvalue weighted by Gasteiger charge is 2.11. The van der Waals surface area contributed by atoms with Crippen molar-refractivity contribution in [3.05, 3.63) is 156 Å². The lowest BCUT2D eigenvalue weighted by atomic mass is 9.93. The molecule has 6 nitrogen and oxygen atoms in total. The molecule has 5 aromatic rings. The van der Waals surface area contributed by atoms with Gasteiger partial charge in [-0.15, -0.1) is 0 Å². The number of hydrogen-bond acceptors (Lipinski definition) is 6. The van der Waals surface area contributed by atoms with Crippen LogP contribution in [0.5, 0.6) is 0 Å². The standard InChI is InChI=1S/C38H37N5.H3N/c39-32-10-18-36(19-11-32)42-34-14-3-27(4-15-34)23-26-1-7-29(8-2-26)30-9-22-38(41)31(25-30)24-28-5-16-35(17-6-28)43-37-20-12-33(40)13-21-37;/h1-16,18-22,25,35,42-43H,17,23-24,39-41H2;1H3. The molecule has 6 heteroatoms. The van der Waals surface area contributed by atoms with Crippen LogP contribution >= 0.6 is 0 Å². The van der Waals surface area contributed by atoms with Gasteiger partial charge in [0.15, 0.2) is 0 Å². The molecule has 1 unspecified atom stereocenters. The van der Waals surface area contributed by atoms with Crippen LogP contribution in [-0.4, -0.2) is 6.04 Å². The first-order valence-corrected chi connectivity index (χ1v) is 14.7. The third kappa shape index (κ3) is 7.68. The van der Waals surface area contributed by atoms with E-state index in [0.29, 0.717) is 0 Å². The quantitative estimate of drug-likeness (QED) is 0.0967. The summed E-state index contributed by atoms with van der Waals surface area (Å²) in [6.07, 6.45) is 9.36. The fourth-order valence-electron chi connectivity index (χ4n) is 5.34.